The zero-order chi connectivity index (χ0) is 11.8. The third-order valence-corrected chi connectivity index (χ3v) is 2.66. The van der Waals surface area contributed by atoms with Crippen LogP contribution >= 0.6 is 11.6 Å². The van der Waals surface area contributed by atoms with Gasteiger partial charge in [0.25, 0.3) is 0 Å². The molecular formula is C11H10ClFN2O. The molecular weight excluding hydrogens is 231 g/mol. The maximum absolute atomic E-state index is 14.6. The first-order valence-electron chi connectivity index (χ1n) is 4.76. The summed E-state index contributed by atoms with van der Waals surface area (Å²) in [6, 6.07) is 0. The highest BCUT2D eigenvalue weighted by molar-refractivity contribution is 6.28. The molecule has 84 valence electrons. The van der Waals surface area contributed by atoms with E-state index in [1.165, 1.54) is 24.4 Å². The monoisotopic (exact) mass is 240 g/mol. The van der Waals surface area contributed by atoms with Crippen LogP contribution in [0.2, 0.25) is 5.28 Å². The summed E-state index contributed by atoms with van der Waals surface area (Å²) in [6.45, 7) is 1.67. The van der Waals surface area contributed by atoms with E-state index in [-0.39, 0.29) is 11.0 Å². The number of aliphatic hydroxyl groups excluding tert-OH is 1. The van der Waals surface area contributed by atoms with E-state index in [0.29, 0.717) is 5.56 Å². The molecule has 16 heavy (non-hydrogen) atoms. The molecule has 5 heteroatoms. The first-order chi connectivity index (χ1) is 7.54. The molecule has 2 atom stereocenters. The topological polar surface area (TPSA) is 46.0 Å². The molecule has 3 nitrogen and oxygen atoms in total. The van der Waals surface area contributed by atoms with Crippen molar-refractivity contribution in [1.29, 1.82) is 0 Å². The number of aryl methyl sites for hydroxylation is 1. The first kappa shape index (κ1) is 11.2. The van der Waals surface area contributed by atoms with Crippen molar-refractivity contribution in [2.24, 2.45) is 0 Å². The Hall–Kier alpha value is -1.26. The van der Waals surface area contributed by atoms with Crippen molar-refractivity contribution in [3.05, 3.63) is 47.0 Å². The molecule has 1 heterocycles. The Morgan fingerprint density at radius 3 is 2.94 bits per heavy atom. The van der Waals surface area contributed by atoms with E-state index in [0.717, 1.165) is 0 Å². The highest BCUT2D eigenvalue weighted by atomic mass is 35.5. The molecule has 1 aliphatic rings. The normalized spacial score (nSPS) is 28.4. The van der Waals surface area contributed by atoms with Crippen LogP contribution in [0.25, 0.3) is 0 Å². The smallest absolute Gasteiger partial charge is 0.222 e. The zero-order valence-corrected chi connectivity index (χ0v) is 9.32. The fourth-order valence-corrected chi connectivity index (χ4v) is 1.76. The second-order valence-electron chi connectivity index (χ2n) is 3.63. The highest BCUT2D eigenvalue weighted by Crippen LogP contribution is 2.35. The van der Waals surface area contributed by atoms with Gasteiger partial charge in [0.1, 0.15) is 6.10 Å². The average Bonchev–Trinajstić information content (AvgIpc) is 2.26. The van der Waals surface area contributed by atoms with Gasteiger partial charge in [-0.3, -0.25) is 0 Å². The molecule has 0 radical (unpaired) electrons. The van der Waals surface area contributed by atoms with Gasteiger partial charge >= 0.3 is 0 Å². The van der Waals surface area contributed by atoms with Crippen LogP contribution in [0.3, 0.4) is 0 Å². The molecule has 0 amide bonds. The lowest BCUT2D eigenvalue weighted by Crippen LogP contribution is -2.35. The van der Waals surface area contributed by atoms with Crippen LogP contribution in [0.4, 0.5) is 4.39 Å². The summed E-state index contributed by atoms with van der Waals surface area (Å²) in [4.78, 5) is 7.61. The van der Waals surface area contributed by atoms with Gasteiger partial charge in [0.15, 0.2) is 0 Å². The van der Waals surface area contributed by atoms with E-state index >= 15 is 0 Å². The highest BCUT2D eigenvalue weighted by Gasteiger charge is 2.40. The number of nitrogens with zero attached hydrogens (tertiary/aromatic N) is 2. The Morgan fingerprint density at radius 2 is 2.25 bits per heavy atom. The second kappa shape index (κ2) is 3.96. The quantitative estimate of drug-likeness (QED) is 0.765. The van der Waals surface area contributed by atoms with Gasteiger partial charge in [0.05, 0.1) is 5.69 Å². The Labute approximate surface area is 97.3 Å². The van der Waals surface area contributed by atoms with Gasteiger partial charge in [0, 0.05) is 6.20 Å². The summed E-state index contributed by atoms with van der Waals surface area (Å²) in [5.41, 5.74) is -1.39. The zero-order valence-electron chi connectivity index (χ0n) is 8.56. The average molecular weight is 241 g/mol. The number of alkyl halides is 1. The molecule has 1 aromatic rings. The number of rotatable bonds is 1. The van der Waals surface area contributed by atoms with E-state index in [1.54, 1.807) is 13.0 Å². The maximum Gasteiger partial charge on any atom is 0.222 e. The van der Waals surface area contributed by atoms with Crippen LogP contribution in [0.15, 0.2) is 30.5 Å². The summed E-state index contributed by atoms with van der Waals surface area (Å²) >= 11 is 5.63. The maximum atomic E-state index is 14.6. The first-order valence-corrected chi connectivity index (χ1v) is 5.14. The van der Waals surface area contributed by atoms with Crippen LogP contribution in [0, 0.1) is 6.92 Å². The molecule has 2 unspecified atom stereocenters. The summed E-state index contributed by atoms with van der Waals surface area (Å²) in [5, 5.41) is 9.65. The lowest BCUT2D eigenvalue weighted by molar-refractivity contribution is 0.0511. The lowest BCUT2D eigenvalue weighted by atomic mass is 9.89. The minimum Gasteiger partial charge on any atom is -0.385 e. The van der Waals surface area contributed by atoms with Gasteiger partial charge in [-0.2, -0.15) is 0 Å². The standard InChI is InChI=1S/C11H10ClFN2O/c1-7-6-14-10(12)15-9(7)11(13)5-3-2-4-8(11)16/h2-6,8,16H,1H3. The Kier molecular flexibility index (Phi) is 2.78. The molecule has 0 bridgehead atoms. The number of halogens is 2. The molecule has 0 aliphatic heterocycles. The second-order valence-corrected chi connectivity index (χ2v) is 3.97. The van der Waals surface area contributed by atoms with Crippen molar-refractivity contribution >= 4 is 11.6 Å². The summed E-state index contributed by atoms with van der Waals surface area (Å²) in [5.74, 6) is 0. The SMILES string of the molecule is Cc1cnc(Cl)nc1C1(F)C=CC=CC1O. The summed E-state index contributed by atoms with van der Waals surface area (Å²) in [7, 11) is 0. The molecule has 0 fully saturated rings. The van der Waals surface area contributed by atoms with Gasteiger partial charge in [-0.25, -0.2) is 14.4 Å². The van der Waals surface area contributed by atoms with Gasteiger partial charge in [-0.15, -0.1) is 0 Å². The number of aliphatic hydroxyl groups is 1. The van der Waals surface area contributed by atoms with Crippen molar-refractivity contribution in [2.45, 2.75) is 18.7 Å². The number of hydrogen-bond donors (Lipinski definition) is 1. The summed E-state index contributed by atoms with van der Waals surface area (Å²) < 4.78 is 14.6. The van der Waals surface area contributed by atoms with Crippen LogP contribution in [-0.4, -0.2) is 21.2 Å². The van der Waals surface area contributed by atoms with Crippen molar-refractivity contribution in [3.8, 4) is 0 Å². The lowest BCUT2D eigenvalue weighted by Gasteiger charge is -2.27. The molecule has 1 aromatic heterocycles. The van der Waals surface area contributed by atoms with Crippen LogP contribution in [0.1, 0.15) is 11.3 Å². The summed E-state index contributed by atoms with van der Waals surface area (Å²) in [6.07, 6.45) is 5.93. The van der Waals surface area contributed by atoms with Gasteiger partial charge in [-0.1, -0.05) is 18.2 Å². The number of hydrogen-bond acceptors (Lipinski definition) is 3. The molecule has 0 spiro atoms. The van der Waals surface area contributed by atoms with Crippen molar-refractivity contribution in [2.75, 3.05) is 0 Å². The predicted molar refractivity (Wildman–Crippen MR) is 58.9 cm³/mol. The minimum atomic E-state index is -2.04. The third-order valence-electron chi connectivity index (χ3n) is 2.48. The van der Waals surface area contributed by atoms with E-state index in [1.807, 2.05) is 0 Å². The third kappa shape index (κ3) is 1.74. The van der Waals surface area contributed by atoms with Gasteiger partial charge in [-0.05, 0) is 30.2 Å². The molecule has 0 saturated carbocycles. The molecule has 1 N–H and O–H groups in total. The van der Waals surface area contributed by atoms with E-state index < -0.39 is 11.8 Å². The number of aromatic nitrogens is 2. The Bertz CT molecular complexity index is 475. The van der Waals surface area contributed by atoms with Gasteiger partial charge in [0.2, 0.25) is 11.0 Å². The molecule has 1 aliphatic carbocycles. The number of allylic oxidation sites excluding steroid dienone is 2. The predicted octanol–water partition coefficient (Wildman–Crippen LogP) is 2.09. The molecule has 0 aromatic carbocycles. The molecule has 2 rings (SSSR count). The largest absolute Gasteiger partial charge is 0.385 e. The van der Waals surface area contributed by atoms with Crippen molar-refractivity contribution < 1.29 is 9.50 Å². The van der Waals surface area contributed by atoms with Crippen molar-refractivity contribution in [3.63, 3.8) is 0 Å². The fraction of sp³-hybridized carbons (Fsp3) is 0.273. The van der Waals surface area contributed by atoms with Crippen LogP contribution < -0.4 is 0 Å². The van der Waals surface area contributed by atoms with E-state index in [9.17, 15) is 9.50 Å². The fourth-order valence-electron chi connectivity index (χ4n) is 1.63. The van der Waals surface area contributed by atoms with Crippen LogP contribution in [-0.2, 0) is 5.67 Å². The van der Waals surface area contributed by atoms with Crippen molar-refractivity contribution in [1.82, 2.24) is 9.97 Å². The molecule has 0 saturated heterocycles. The van der Waals surface area contributed by atoms with Gasteiger partial charge < -0.3 is 5.11 Å². The Balaban J connectivity index is 2.54. The van der Waals surface area contributed by atoms with Crippen LogP contribution in [0.5, 0.6) is 0 Å². The minimum absolute atomic E-state index is 0.0345. The van der Waals surface area contributed by atoms with E-state index in [4.69, 9.17) is 11.6 Å². The van der Waals surface area contributed by atoms with E-state index in [2.05, 4.69) is 9.97 Å². The Morgan fingerprint density at radius 1 is 1.50 bits per heavy atom.